The molecule has 3 fully saturated rings. The zero-order chi connectivity index (χ0) is 43.6. The van der Waals surface area contributed by atoms with Crippen LogP contribution in [0.4, 0.5) is 0 Å². The standard InChI is InChI=1S/C59H94O2/c1-7-8-9-10-11-12-13-14-15-16-17-18-19-20-21-22-23-24-25-26-27-28-29-30-31-32-33-34-35-39-57(60)61-52-44-46-58(5)51(48-52)40-41-53-55-43-42-54(50(4)38-36-37-49(2)3)59(55,6)47-45-56(53)58/h8-9,11-12,14-15,17-18,20-21,23-24,26-27,40,49-50,52-56H,7,10,13,16,19,22,25,28-39,41-48H2,1-6H3/b9-8-,12-11-,15-14-,18-17-,21-20-,24-23-,27-26-. The molecule has 342 valence electrons. The van der Waals surface area contributed by atoms with Gasteiger partial charge in [-0.25, -0.2) is 0 Å². The second kappa shape index (κ2) is 29.0. The van der Waals surface area contributed by atoms with Crippen molar-refractivity contribution in [1.29, 1.82) is 0 Å². The minimum Gasteiger partial charge on any atom is -0.462 e. The zero-order valence-corrected chi connectivity index (χ0v) is 40.6. The Hall–Kier alpha value is -2.61. The van der Waals surface area contributed by atoms with Gasteiger partial charge in [-0.15, -0.1) is 0 Å². The number of rotatable bonds is 29. The monoisotopic (exact) mass is 835 g/mol. The molecular weight excluding hydrogens is 741 g/mol. The van der Waals surface area contributed by atoms with Crippen molar-refractivity contribution in [3.05, 3.63) is 96.7 Å². The Balaban J connectivity index is 0.971. The molecule has 0 aliphatic heterocycles. The lowest BCUT2D eigenvalue weighted by Crippen LogP contribution is -2.51. The van der Waals surface area contributed by atoms with Crippen molar-refractivity contribution in [2.45, 2.75) is 221 Å². The van der Waals surface area contributed by atoms with E-state index >= 15 is 0 Å². The number of carbonyl (C=O) groups excluding carboxylic acids is 1. The molecule has 0 spiro atoms. The van der Waals surface area contributed by atoms with E-state index in [4.69, 9.17) is 4.74 Å². The van der Waals surface area contributed by atoms with Gasteiger partial charge in [-0.05, 0) is 155 Å². The van der Waals surface area contributed by atoms with Crippen LogP contribution >= 0.6 is 0 Å². The van der Waals surface area contributed by atoms with E-state index in [0.717, 1.165) is 106 Å². The quantitative estimate of drug-likeness (QED) is 0.0426. The SMILES string of the molecule is CC/C=C\C/C=C\C/C=C\C/C=C\C/C=C\C/C=C\C/C=C\CCCCCCCCCC(=O)OC1CCC2(C)C(=CCC3C2CCC2(C)C(C(C)CCCC(C)C)CCC32)C1. The molecule has 0 radical (unpaired) electrons. The molecule has 2 nitrogen and oxygen atoms in total. The second-order valence-electron chi connectivity index (χ2n) is 20.8. The molecule has 2 heteroatoms. The molecule has 0 amide bonds. The highest BCUT2D eigenvalue weighted by atomic mass is 16.5. The molecule has 0 aromatic rings. The van der Waals surface area contributed by atoms with Crippen LogP contribution in [0.25, 0.3) is 0 Å². The molecule has 4 aliphatic rings. The van der Waals surface area contributed by atoms with Gasteiger partial charge in [0, 0.05) is 12.8 Å². The van der Waals surface area contributed by atoms with Gasteiger partial charge in [0.2, 0.25) is 0 Å². The van der Waals surface area contributed by atoms with Crippen molar-refractivity contribution in [1.82, 2.24) is 0 Å². The van der Waals surface area contributed by atoms with Crippen LogP contribution in [0.3, 0.4) is 0 Å². The molecule has 4 rings (SSSR count). The lowest BCUT2D eigenvalue weighted by Gasteiger charge is -2.58. The van der Waals surface area contributed by atoms with Crippen molar-refractivity contribution in [2.24, 2.45) is 46.3 Å². The molecule has 0 bridgehead atoms. The summed E-state index contributed by atoms with van der Waals surface area (Å²) in [7, 11) is 0. The molecule has 3 saturated carbocycles. The van der Waals surface area contributed by atoms with Gasteiger partial charge >= 0.3 is 5.97 Å². The predicted octanol–water partition coefficient (Wildman–Crippen LogP) is 18.1. The lowest BCUT2D eigenvalue weighted by atomic mass is 9.47. The van der Waals surface area contributed by atoms with Crippen LogP contribution in [0, 0.1) is 46.3 Å². The van der Waals surface area contributed by atoms with E-state index in [-0.39, 0.29) is 12.1 Å². The Morgan fingerprint density at radius 1 is 0.639 bits per heavy atom. The maximum Gasteiger partial charge on any atom is 0.306 e. The molecule has 0 saturated heterocycles. The number of hydrogen-bond donors (Lipinski definition) is 0. The Kier molecular flexibility index (Phi) is 24.2. The third-order valence-corrected chi connectivity index (χ3v) is 15.8. The summed E-state index contributed by atoms with van der Waals surface area (Å²) >= 11 is 0. The molecule has 8 atom stereocenters. The minimum absolute atomic E-state index is 0.0478. The lowest BCUT2D eigenvalue weighted by molar-refractivity contribution is -0.151. The van der Waals surface area contributed by atoms with Crippen LogP contribution in [0.15, 0.2) is 96.7 Å². The first kappa shape index (κ1) is 51.0. The van der Waals surface area contributed by atoms with Gasteiger partial charge in [0.1, 0.15) is 6.10 Å². The molecule has 61 heavy (non-hydrogen) atoms. The molecular formula is C59H94O2. The van der Waals surface area contributed by atoms with E-state index in [1.165, 1.54) is 96.3 Å². The molecule has 0 heterocycles. The first-order valence-electron chi connectivity index (χ1n) is 26.1. The summed E-state index contributed by atoms with van der Waals surface area (Å²) < 4.78 is 6.16. The van der Waals surface area contributed by atoms with E-state index in [0.29, 0.717) is 17.3 Å². The van der Waals surface area contributed by atoms with Gasteiger partial charge in [-0.1, -0.05) is 190 Å². The van der Waals surface area contributed by atoms with Crippen molar-refractivity contribution < 1.29 is 9.53 Å². The first-order valence-corrected chi connectivity index (χ1v) is 26.1. The fourth-order valence-electron chi connectivity index (χ4n) is 12.3. The maximum absolute atomic E-state index is 12.9. The van der Waals surface area contributed by atoms with E-state index in [9.17, 15) is 4.79 Å². The fraction of sp³-hybridized carbons (Fsp3) is 0.712. The highest BCUT2D eigenvalue weighted by Gasteiger charge is 2.59. The molecule has 0 N–H and O–H groups in total. The summed E-state index contributed by atoms with van der Waals surface area (Å²) in [4.78, 5) is 12.9. The topological polar surface area (TPSA) is 26.3 Å². The van der Waals surface area contributed by atoms with Crippen LogP contribution in [-0.2, 0) is 9.53 Å². The van der Waals surface area contributed by atoms with E-state index < -0.39 is 0 Å². The number of esters is 1. The smallest absolute Gasteiger partial charge is 0.306 e. The molecule has 0 aromatic carbocycles. The summed E-state index contributed by atoms with van der Waals surface area (Å²) in [5.41, 5.74) is 2.50. The molecule has 4 aliphatic carbocycles. The number of unbranched alkanes of at least 4 members (excludes halogenated alkanes) is 7. The van der Waals surface area contributed by atoms with Gasteiger partial charge in [0.15, 0.2) is 0 Å². The largest absolute Gasteiger partial charge is 0.462 e. The van der Waals surface area contributed by atoms with Crippen molar-refractivity contribution in [3.63, 3.8) is 0 Å². The van der Waals surface area contributed by atoms with Crippen LogP contribution in [0.1, 0.15) is 215 Å². The van der Waals surface area contributed by atoms with Crippen LogP contribution in [-0.4, -0.2) is 12.1 Å². The van der Waals surface area contributed by atoms with E-state index in [1.54, 1.807) is 5.57 Å². The third kappa shape index (κ3) is 17.5. The average molecular weight is 835 g/mol. The van der Waals surface area contributed by atoms with E-state index in [2.05, 4.69) is 133 Å². The number of carbonyl (C=O) groups is 1. The summed E-state index contributed by atoms with van der Waals surface area (Å²) in [6.45, 7) is 14.8. The van der Waals surface area contributed by atoms with Crippen molar-refractivity contribution in [3.8, 4) is 0 Å². The van der Waals surface area contributed by atoms with Gasteiger partial charge in [0.05, 0.1) is 0 Å². The fourth-order valence-corrected chi connectivity index (χ4v) is 12.3. The van der Waals surface area contributed by atoms with Gasteiger partial charge in [-0.3, -0.25) is 4.79 Å². The van der Waals surface area contributed by atoms with Crippen LogP contribution in [0.2, 0.25) is 0 Å². The number of allylic oxidation sites excluding steroid dienone is 15. The van der Waals surface area contributed by atoms with Crippen LogP contribution < -0.4 is 0 Å². The predicted molar refractivity (Wildman–Crippen MR) is 266 cm³/mol. The molecule has 8 unspecified atom stereocenters. The van der Waals surface area contributed by atoms with Crippen molar-refractivity contribution >= 4 is 5.97 Å². The highest BCUT2D eigenvalue weighted by molar-refractivity contribution is 5.69. The summed E-state index contributed by atoms with van der Waals surface area (Å²) in [6, 6.07) is 0. The van der Waals surface area contributed by atoms with Gasteiger partial charge in [0.25, 0.3) is 0 Å². The first-order chi connectivity index (χ1) is 29.7. The molecule has 0 aromatic heterocycles. The van der Waals surface area contributed by atoms with E-state index in [1.807, 2.05) is 0 Å². The summed E-state index contributed by atoms with van der Waals surface area (Å²) in [5.74, 6) is 5.26. The van der Waals surface area contributed by atoms with Gasteiger partial charge < -0.3 is 4.74 Å². The highest BCUT2D eigenvalue weighted by Crippen LogP contribution is 2.67. The number of fused-ring (bicyclic) bond motifs is 5. The van der Waals surface area contributed by atoms with Crippen LogP contribution in [0.5, 0.6) is 0 Å². The zero-order valence-electron chi connectivity index (χ0n) is 40.6. The van der Waals surface area contributed by atoms with Gasteiger partial charge in [-0.2, -0.15) is 0 Å². The summed E-state index contributed by atoms with van der Waals surface area (Å²) in [6.07, 6.45) is 66.5. The third-order valence-electron chi connectivity index (χ3n) is 15.8. The summed E-state index contributed by atoms with van der Waals surface area (Å²) in [5, 5.41) is 0. The Morgan fingerprint density at radius 3 is 1.79 bits per heavy atom. The van der Waals surface area contributed by atoms with Crippen molar-refractivity contribution in [2.75, 3.05) is 0 Å². The Labute approximate surface area is 378 Å². The average Bonchev–Trinajstić information content (AvgIpc) is 3.60. The normalized spacial score (nSPS) is 28.6. The Morgan fingerprint density at radius 2 is 1.20 bits per heavy atom. The Bertz CT molecular complexity index is 1460. The minimum atomic E-state index is 0.0478. The maximum atomic E-state index is 12.9. The number of hydrogen-bond acceptors (Lipinski definition) is 2. The number of ether oxygens (including phenoxy) is 1. The second-order valence-corrected chi connectivity index (χ2v) is 20.8.